The second-order valence-corrected chi connectivity index (χ2v) is 4.55. The highest BCUT2D eigenvalue weighted by molar-refractivity contribution is 7.14. The van der Waals surface area contributed by atoms with Crippen LogP contribution in [0.3, 0.4) is 0 Å². The molecule has 4 nitrogen and oxygen atoms in total. The van der Waals surface area contributed by atoms with Crippen molar-refractivity contribution in [1.82, 2.24) is 4.98 Å². The van der Waals surface area contributed by atoms with Crippen LogP contribution in [0.25, 0.3) is 11.5 Å². The van der Waals surface area contributed by atoms with Crippen LogP contribution in [0, 0.1) is 0 Å². The van der Waals surface area contributed by atoms with Crippen molar-refractivity contribution in [3.8, 4) is 17.2 Å². The lowest BCUT2D eigenvalue weighted by Gasteiger charge is -2.02. The van der Waals surface area contributed by atoms with Crippen molar-refractivity contribution in [2.24, 2.45) is 0 Å². The number of anilines is 2. The molecular formula is C13H10N2O2S. The maximum Gasteiger partial charge on any atom is 0.187 e. The van der Waals surface area contributed by atoms with Crippen molar-refractivity contribution in [3.63, 3.8) is 0 Å². The number of rotatable bonds is 3. The maximum atomic E-state index is 9.37. The fourth-order valence-electron chi connectivity index (χ4n) is 1.58. The monoisotopic (exact) mass is 258 g/mol. The molecule has 0 unspecified atom stereocenters. The zero-order valence-corrected chi connectivity index (χ0v) is 10.1. The predicted molar refractivity (Wildman–Crippen MR) is 71.2 cm³/mol. The Morgan fingerprint density at radius 2 is 2.17 bits per heavy atom. The highest BCUT2D eigenvalue weighted by Gasteiger charge is 2.06. The Labute approximate surface area is 108 Å². The molecule has 0 atom stereocenters. The van der Waals surface area contributed by atoms with Crippen LogP contribution < -0.4 is 5.32 Å². The molecule has 0 fully saturated rings. The molecule has 0 bridgehead atoms. The van der Waals surface area contributed by atoms with Crippen molar-refractivity contribution in [3.05, 3.63) is 48.0 Å². The van der Waals surface area contributed by atoms with Gasteiger partial charge >= 0.3 is 0 Å². The second kappa shape index (κ2) is 4.54. The summed E-state index contributed by atoms with van der Waals surface area (Å²) in [5.41, 5.74) is 1.60. The van der Waals surface area contributed by atoms with Gasteiger partial charge in [0.15, 0.2) is 10.9 Å². The topological polar surface area (TPSA) is 58.3 Å². The number of furan rings is 1. The normalized spacial score (nSPS) is 10.4. The molecule has 0 aliphatic rings. The summed E-state index contributed by atoms with van der Waals surface area (Å²) < 4.78 is 5.28. The largest absolute Gasteiger partial charge is 0.508 e. The smallest absolute Gasteiger partial charge is 0.187 e. The zero-order chi connectivity index (χ0) is 12.4. The minimum absolute atomic E-state index is 0.225. The van der Waals surface area contributed by atoms with E-state index >= 15 is 0 Å². The van der Waals surface area contributed by atoms with Crippen LogP contribution in [-0.2, 0) is 0 Å². The number of nitrogens with one attached hydrogen (secondary N) is 1. The molecule has 2 heterocycles. The summed E-state index contributed by atoms with van der Waals surface area (Å²) in [4.78, 5) is 4.41. The molecule has 0 aliphatic carbocycles. The minimum atomic E-state index is 0.225. The van der Waals surface area contributed by atoms with E-state index in [9.17, 15) is 5.11 Å². The summed E-state index contributed by atoms with van der Waals surface area (Å²) in [6.07, 6.45) is 1.62. The van der Waals surface area contributed by atoms with Gasteiger partial charge in [0, 0.05) is 17.1 Å². The average molecular weight is 258 g/mol. The molecule has 2 aromatic heterocycles. The first kappa shape index (κ1) is 10.9. The quantitative estimate of drug-likeness (QED) is 0.749. The van der Waals surface area contributed by atoms with Gasteiger partial charge in [-0.2, -0.15) is 0 Å². The van der Waals surface area contributed by atoms with Crippen LogP contribution in [0.15, 0.2) is 52.5 Å². The molecule has 90 valence electrons. The number of hydrogen-bond donors (Lipinski definition) is 2. The SMILES string of the molecule is Oc1cccc(Nc2nc(-c3ccco3)cs2)c1. The summed E-state index contributed by atoms with van der Waals surface area (Å²) in [6.45, 7) is 0. The summed E-state index contributed by atoms with van der Waals surface area (Å²) in [5.74, 6) is 0.970. The van der Waals surface area contributed by atoms with Gasteiger partial charge in [0.2, 0.25) is 0 Å². The molecule has 0 saturated carbocycles. The van der Waals surface area contributed by atoms with Gasteiger partial charge in [-0.3, -0.25) is 0 Å². The Kier molecular flexibility index (Phi) is 2.74. The number of thiazole rings is 1. The van der Waals surface area contributed by atoms with Crippen molar-refractivity contribution in [2.45, 2.75) is 0 Å². The van der Waals surface area contributed by atoms with Crippen LogP contribution in [0.1, 0.15) is 0 Å². The third-order valence-electron chi connectivity index (χ3n) is 2.38. The Morgan fingerprint density at radius 1 is 1.22 bits per heavy atom. The molecule has 18 heavy (non-hydrogen) atoms. The van der Waals surface area contributed by atoms with Crippen LogP contribution in [0.4, 0.5) is 10.8 Å². The van der Waals surface area contributed by atoms with Crippen LogP contribution >= 0.6 is 11.3 Å². The molecule has 0 aliphatic heterocycles. The summed E-state index contributed by atoms with van der Waals surface area (Å²) >= 11 is 1.48. The van der Waals surface area contributed by atoms with E-state index in [-0.39, 0.29) is 5.75 Å². The fourth-order valence-corrected chi connectivity index (χ4v) is 2.30. The predicted octanol–water partition coefficient (Wildman–Crippen LogP) is 3.85. The number of aromatic hydroxyl groups is 1. The van der Waals surface area contributed by atoms with E-state index in [2.05, 4.69) is 10.3 Å². The molecular weight excluding hydrogens is 248 g/mol. The lowest BCUT2D eigenvalue weighted by molar-refractivity contribution is 0.475. The summed E-state index contributed by atoms with van der Waals surface area (Å²) in [5, 5.41) is 15.2. The molecule has 1 aromatic carbocycles. The molecule has 0 radical (unpaired) electrons. The Balaban J connectivity index is 1.82. The van der Waals surface area contributed by atoms with Gasteiger partial charge in [0.05, 0.1) is 6.26 Å². The number of hydrogen-bond acceptors (Lipinski definition) is 5. The third kappa shape index (κ3) is 2.21. The lowest BCUT2D eigenvalue weighted by Crippen LogP contribution is -1.88. The first-order valence-electron chi connectivity index (χ1n) is 5.37. The lowest BCUT2D eigenvalue weighted by atomic mass is 10.3. The highest BCUT2D eigenvalue weighted by Crippen LogP contribution is 2.28. The molecule has 5 heteroatoms. The Bertz CT molecular complexity index is 647. The van der Waals surface area contributed by atoms with Crippen LogP contribution in [0.5, 0.6) is 5.75 Å². The molecule has 3 aromatic rings. The molecule has 0 saturated heterocycles. The first-order chi connectivity index (χ1) is 8.81. The first-order valence-corrected chi connectivity index (χ1v) is 6.25. The van der Waals surface area contributed by atoms with E-state index in [1.165, 1.54) is 11.3 Å². The standard InChI is InChI=1S/C13H10N2O2S/c16-10-4-1-3-9(7-10)14-13-15-11(8-18-13)12-5-2-6-17-12/h1-8,16H,(H,14,15). The highest BCUT2D eigenvalue weighted by atomic mass is 32.1. The third-order valence-corrected chi connectivity index (χ3v) is 3.13. The molecule has 0 amide bonds. The number of nitrogens with zero attached hydrogens (tertiary/aromatic N) is 1. The zero-order valence-electron chi connectivity index (χ0n) is 9.33. The van der Waals surface area contributed by atoms with Gasteiger partial charge in [0.1, 0.15) is 11.4 Å². The number of phenolic OH excluding ortho intramolecular Hbond substituents is 1. The van der Waals surface area contributed by atoms with Crippen molar-refractivity contribution < 1.29 is 9.52 Å². The van der Waals surface area contributed by atoms with Crippen molar-refractivity contribution in [1.29, 1.82) is 0 Å². The fraction of sp³-hybridized carbons (Fsp3) is 0. The van der Waals surface area contributed by atoms with Crippen LogP contribution in [0.2, 0.25) is 0 Å². The van der Waals surface area contributed by atoms with Gasteiger partial charge < -0.3 is 14.8 Å². The van der Waals surface area contributed by atoms with E-state index in [0.717, 1.165) is 22.3 Å². The summed E-state index contributed by atoms with van der Waals surface area (Å²) in [6, 6.07) is 10.6. The van der Waals surface area contributed by atoms with E-state index < -0.39 is 0 Å². The maximum absolute atomic E-state index is 9.37. The number of aromatic nitrogens is 1. The van der Waals surface area contributed by atoms with Crippen molar-refractivity contribution >= 4 is 22.2 Å². The van der Waals surface area contributed by atoms with Gasteiger partial charge in [-0.1, -0.05) is 6.07 Å². The van der Waals surface area contributed by atoms with E-state index in [1.807, 2.05) is 23.6 Å². The van der Waals surface area contributed by atoms with E-state index in [1.54, 1.807) is 24.5 Å². The molecule has 2 N–H and O–H groups in total. The van der Waals surface area contributed by atoms with E-state index in [4.69, 9.17) is 4.42 Å². The summed E-state index contributed by atoms with van der Waals surface area (Å²) in [7, 11) is 0. The van der Waals surface area contributed by atoms with Gasteiger partial charge in [-0.05, 0) is 24.3 Å². The van der Waals surface area contributed by atoms with Crippen molar-refractivity contribution in [2.75, 3.05) is 5.32 Å². The molecule has 3 rings (SSSR count). The number of benzene rings is 1. The van der Waals surface area contributed by atoms with Crippen LogP contribution in [-0.4, -0.2) is 10.1 Å². The minimum Gasteiger partial charge on any atom is -0.508 e. The van der Waals surface area contributed by atoms with Gasteiger partial charge in [0.25, 0.3) is 0 Å². The number of phenols is 1. The average Bonchev–Trinajstić information content (AvgIpc) is 2.98. The van der Waals surface area contributed by atoms with Gasteiger partial charge in [-0.25, -0.2) is 4.98 Å². The molecule has 0 spiro atoms. The second-order valence-electron chi connectivity index (χ2n) is 3.69. The van der Waals surface area contributed by atoms with Gasteiger partial charge in [-0.15, -0.1) is 11.3 Å². The van der Waals surface area contributed by atoms with E-state index in [0.29, 0.717) is 0 Å². The Hall–Kier alpha value is -2.27. The Morgan fingerprint density at radius 3 is 2.94 bits per heavy atom.